The summed E-state index contributed by atoms with van der Waals surface area (Å²) < 4.78 is 1.84. The third-order valence-electron chi connectivity index (χ3n) is 6.06. The summed E-state index contributed by atoms with van der Waals surface area (Å²) in [6, 6.07) is 15.4. The fourth-order valence-corrected chi connectivity index (χ4v) is 4.73. The van der Waals surface area contributed by atoms with E-state index in [1.807, 2.05) is 53.2 Å². The molecule has 0 radical (unpaired) electrons. The van der Waals surface area contributed by atoms with Gasteiger partial charge >= 0.3 is 0 Å². The first kappa shape index (κ1) is 20.5. The SMILES string of the molecule is O=C1CCC(c2cccc(-c3ccc(CN4C(=O)CCn5nccc54)cc3)c2Cl)C(=O)N1. The van der Waals surface area contributed by atoms with E-state index in [4.69, 9.17) is 11.6 Å². The van der Waals surface area contributed by atoms with Crippen LogP contribution in [0.3, 0.4) is 0 Å². The van der Waals surface area contributed by atoms with Crippen molar-refractivity contribution in [1.82, 2.24) is 15.1 Å². The zero-order valence-electron chi connectivity index (χ0n) is 17.3. The number of anilines is 1. The number of carbonyl (C=O) groups is 3. The van der Waals surface area contributed by atoms with E-state index < -0.39 is 5.92 Å². The summed E-state index contributed by atoms with van der Waals surface area (Å²) in [5.41, 5.74) is 3.47. The van der Waals surface area contributed by atoms with Crippen LogP contribution in [0.1, 0.15) is 36.3 Å². The molecule has 0 saturated carbocycles. The number of amides is 3. The van der Waals surface area contributed by atoms with Crippen LogP contribution in [0.25, 0.3) is 11.1 Å². The number of nitrogens with one attached hydrogen (secondary N) is 1. The lowest BCUT2D eigenvalue weighted by Gasteiger charge is -2.27. The number of halogens is 1. The molecule has 7 nitrogen and oxygen atoms in total. The summed E-state index contributed by atoms with van der Waals surface area (Å²) in [5.74, 6) is -0.0906. The number of fused-ring (bicyclic) bond motifs is 1. The van der Waals surface area contributed by atoms with E-state index in [0.717, 1.165) is 28.1 Å². The van der Waals surface area contributed by atoms with E-state index in [1.165, 1.54) is 0 Å². The van der Waals surface area contributed by atoms with E-state index in [0.29, 0.717) is 37.4 Å². The van der Waals surface area contributed by atoms with E-state index in [2.05, 4.69) is 10.4 Å². The molecule has 1 fully saturated rings. The summed E-state index contributed by atoms with van der Waals surface area (Å²) in [6.07, 6.45) is 2.91. The fourth-order valence-electron chi connectivity index (χ4n) is 4.37. The molecule has 2 aromatic carbocycles. The Morgan fingerprint density at radius 2 is 1.84 bits per heavy atom. The predicted octanol–water partition coefficient (Wildman–Crippen LogP) is 3.66. The maximum atomic E-state index is 12.4. The largest absolute Gasteiger partial charge is 0.296 e. The van der Waals surface area contributed by atoms with Gasteiger partial charge in [-0.25, -0.2) is 4.68 Å². The Kier molecular flexibility index (Phi) is 5.27. The van der Waals surface area contributed by atoms with Crippen molar-refractivity contribution in [1.29, 1.82) is 0 Å². The first-order chi connectivity index (χ1) is 15.5. The smallest absolute Gasteiger partial charge is 0.234 e. The maximum absolute atomic E-state index is 12.4. The molecule has 2 aliphatic rings. The lowest BCUT2D eigenvalue weighted by atomic mass is 9.88. The van der Waals surface area contributed by atoms with E-state index >= 15 is 0 Å². The number of imide groups is 1. The van der Waals surface area contributed by atoms with Gasteiger partial charge in [0.05, 0.1) is 30.2 Å². The highest BCUT2D eigenvalue weighted by Gasteiger charge is 2.30. The van der Waals surface area contributed by atoms with Gasteiger partial charge in [-0.2, -0.15) is 5.10 Å². The summed E-state index contributed by atoms with van der Waals surface area (Å²) in [4.78, 5) is 38.0. The number of hydrogen-bond acceptors (Lipinski definition) is 4. The molecule has 0 bridgehead atoms. The van der Waals surface area contributed by atoms with Crippen LogP contribution in [0.5, 0.6) is 0 Å². The van der Waals surface area contributed by atoms with Crippen molar-refractivity contribution >= 4 is 35.1 Å². The van der Waals surface area contributed by atoms with Crippen LogP contribution < -0.4 is 10.2 Å². The van der Waals surface area contributed by atoms with Crippen LogP contribution in [-0.4, -0.2) is 27.5 Å². The van der Waals surface area contributed by atoms with Crippen LogP contribution in [0.4, 0.5) is 5.82 Å². The standard InChI is InChI=1S/C24H21ClN4O3/c25-23-17(2-1-3-18(23)19-8-9-20(30)27-24(19)32)16-6-4-15(5-7-16)14-28-21-10-12-26-29(21)13-11-22(28)31/h1-7,10,12,19H,8-9,11,13-14H2,(H,27,30,32). The minimum Gasteiger partial charge on any atom is -0.296 e. The maximum Gasteiger partial charge on any atom is 0.234 e. The third-order valence-corrected chi connectivity index (χ3v) is 6.48. The van der Waals surface area contributed by atoms with Crippen molar-refractivity contribution in [3.05, 3.63) is 70.9 Å². The van der Waals surface area contributed by atoms with Crippen molar-refractivity contribution in [3.8, 4) is 11.1 Å². The molecule has 162 valence electrons. The highest BCUT2D eigenvalue weighted by Crippen LogP contribution is 2.37. The molecular weight excluding hydrogens is 428 g/mol. The number of carbonyl (C=O) groups excluding carboxylic acids is 3. The van der Waals surface area contributed by atoms with Gasteiger partial charge in [-0.05, 0) is 23.1 Å². The van der Waals surface area contributed by atoms with Crippen LogP contribution in [-0.2, 0) is 27.5 Å². The van der Waals surface area contributed by atoms with Crippen LogP contribution >= 0.6 is 11.6 Å². The average molecular weight is 449 g/mol. The topological polar surface area (TPSA) is 84.3 Å². The zero-order chi connectivity index (χ0) is 22.2. The Morgan fingerprint density at radius 3 is 2.62 bits per heavy atom. The number of aryl methyl sites for hydroxylation is 1. The number of rotatable bonds is 4. The Morgan fingerprint density at radius 1 is 1.03 bits per heavy atom. The number of benzene rings is 2. The van der Waals surface area contributed by atoms with Crippen molar-refractivity contribution in [2.24, 2.45) is 0 Å². The molecule has 1 atom stereocenters. The second kappa shape index (κ2) is 8.24. The Balaban J connectivity index is 1.39. The van der Waals surface area contributed by atoms with Gasteiger partial charge in [0.2, 0.25) is 17.7 Å². The molecule has 3 heterocycles. The Labute approximate surface area is 190 Å². The quantitative estimate of drug-likeness (QED) is 0.617. The third kappa shape index (κ3) is 3.69. The molecule has 0 spiro atoms. The highest BCUT2D eigenvalue weighted by atomic mass is 35.5. The first-order valence-corrected chi connectivity index (χ1v) is 10.9. The van der Waals surface area contributed by atoms with E-state index in [1.54, 1.807) is 11.1 Å². The lowest BCUT2D eigenvalue weighted by molar-refractivity contribution is -0.134. The van der Waals surface area contributed by atoms with Gasteiger partial charge in [0, 0.05) is 24.5 Å². The van der Waals surface area contributed by atoms with Crippen LogP contribution in [0.2, 0.25) is 5.02 Å². The van der Waals surface area contributed by atoms with Crippen molar-refractivity contribution in [2.45, 2.75) is 38.3 Å². The summed E-state index contributed by atoms with van der Waals surface area (Å²) in [6.45, 7) is 1.08. The molecular formula is C24H21ClN4O3. The molecule has 1 N–H and O–H groups in total. The first-order valence-electron chi connectivity index (χ1n) is 10.5. The van der Waals surface area contributed by atoms with Crippen molar-refractivity contribution in [3.63, 3.8) is 0 Å². The van der Waals surface area contributed by atoms with Crippen LogP contribution in [0, 0.1) is 0 Å². The fraction of sp³-hybridized carbons (Fsp3) is 0.250. The van der Waals surface area contributed by atoms with Gasteiger partial charge in [-0.1, -0.05) is 54.1 Å². The zero-order valence-corrected chi connectivity index (χ0v) is 18.0. The van der Waals surface area contributed by atoms with Gasteiger partial charge in [0.25, 0.3) is 0 Å². The molecule has 1 aromatic heterocycles. The minimum absolute atomic E-state index is 0.0852. The number of piperidine rings is 1. The van der Waals surface area contributed by atoms with Gasteiger partial charge < -0.3 is 0 Å². The van der Waals surface area contributed by atoms with Gasteiger partial charge in [0.1, 0.15) is 5.82 Å². The Bertz CT molecular complexity index is 1220. The normalized spacial score (nSPS) is 18.5. The van der Waals surface area contributed by atoms with Crippen LogP contribution in [0.15, 0.2) is 54.7 Å². The van der Waals surface area contributed by atoms with Crippen molar-refractivity contribution < 1.29 is 14.4 Å². The van der Waals surface area contributed by atoms with Gasteiger partial charge in [-0.3, -0.25) is 24.6 Å². The molecule has 3 aromatic rings. The van der Waals surface area contributed by atoms with E-state index in [9.17, 15) is 14.4 Å². The second-order valence-corrected chi connectivity index (χ2v) is 8.43. The highest BCUT2D eigenvalue weighted by molar-refractivity contribution is 6.34. The van der Waals surface area contributed by atoms with Gasteiger partial charge in [-0.15, -0.1) is 0 Å². The molecule has 2 aliphatic heterocycles. The average Bonchev–Trinajstić information content (AvgIpc) is 3.26. The molecule has 8 heteroatoms. The van der Waals surface area contributed by atoms with Gasteiger partial charge in [0.15, 0.2) is 0 Å². The summed E-state index contributed by atoms with van der Waals surface area (Å²) in [7, 11) is 0. The summed E-state index contributed by atoms with van der Waals surface area (Å²) >= 11 is 6.71. The molecule has 32 heavy (non-hydrogen) atoms. The van der Waals surface area contributed by atoms with E-state index in [-0.39, 0.29) is 17.7 Å². The van der Waals surface area contributed by atoms with Crippen molar-refractivity contribution in [2.75, 3.05) is 4.90 Å². The molecule has 1 saturated heterocycles. The lowest BCUT2D eigenvalue weighted by Crippen LogP contribution is -2.39. The predicted molar refractivity (Wildman–Crippen MR) is 120 cm³/mol. The number of hydrogen-bond donors (Lipinski definition) is 1. The Hall–Kier alpha value is -3.45. The number of aromatic nitrogens is 2. The summed E-state index contributed by atoms with van der Waals surface area (Å²) in [5, 5.41) is 7.18. The molecule has 3 amide bonds. The second-order valence-electron chi connectivity index (χ2n) is 8.05. The molecule has 5 rings (SSSR count). The minimum atomic E-state index is -0.436. The number of nitrogens with zero attached hydrogens (tertiary/aromatic N) is 3. The molecule has 1 unspecified atom stereocenters. The monoisotopic (exact) mass is 448 g/mol. The molecule has 0 aliphatic carbocycles.